The van der Waals surface area contributed by atoms with Crippen LogP contribution in [0.3, 0.4) is 0 Å². The van der Waals surface area contributed by atoms with Crippen LogP contribution in [0.15, 0.2) is 54.4 Å². The molecule has 0 amide bonds. The van der Waals surface area contributed by atoms with E-state index in [1.165, 1.54) is 4.70 Å². The lowest BCUT2D eigenvalue weighted by molar-refractivity contribution is 0.768. The van der Waals surface area contributed by atoms with Crippen molar-refractivity contribution in [3.8, 4) is 22.4 Å². The average molecular weight is 292 g/mol. The highest BCUT2D eigenvalue weighted by molar-refractivity contribution is 7.17. The van der Waals surface area contributed by atoms with Crippen LogP contribution in [0.2, 0.25) is 0 Å². The minimum atomic E-state index is 0.948. The van der Waals surface area contributed by atoms with Crippen molar-refractivity contribution in [3.05, 3.63) is 54.4 Å². The molecule has 0 radical (unpaired) electrons. The zero-order valence-corrected chi connectivity index (χ0v) is 12.2. The molecular weight excluding hydrogens is 280 g/mol. The number of aromatic nitrogens is 4. The maximum absolute atomic E-state index is 4.83. The van der Waals surface area contributed by atoms with E-state index in [0.29, 0.717) is 0 Å². The Bertz CT molecular complexity index is 908. The second kappa shape index (κ2) is 4.79. The predicted octanol–water partition coefficient (Wildman–Crippen LogP) is 3.76. The van der Waals surface area contributed by atoms with Crippen LogP contribution >= 0.6 is 11.3 Å². The molecule has 0 unspecified atom stereocenters. The molecule has 0 saturated carbocycles. The van der Waals surface area contributed by atoms with Gasteiger partial charge in [0.1, 0.15) is 0 Å². The molecule has 4 rings (SSSR count). The van der Waals surface area contributed by atoms with Crippen molar-refractivity contribution in [1.82, 2.24) is 19.7 Å². The molecule has 0 atom stereocenters. The Kier molecular flexibility index (Phi) is 2.79. The fourth-order valence-corrected chi connectivity index (χ4v) is 3.27. The summed E-state index contributed by atoms with van der Waals surface area (Å²) in [6.45, 7) is 0. The molecule has 0 aromatic carbocycles. The van der Waals surface area contributed by atoms with Gasteiger partial charge in [0.25, 0.3) is 0 Å². The summed E-state index contributed by atoms with van der Waals surface area (Å²) in [5.74, 6) is 0. The van der Waals surface area contributed by atoms with Crippen molar-refractivity contribution in [2.45, 2.75) is 0 Å². The van der Waals surface area contributed by atoms with Gasteiger partial charge < -0.3 is 0 Å². The van der Waals surface area contributed by atoms with Gasteiger partial charge in [-0.2, -0.15) is 5.10 Å². The zero-order chi connectivity index (χ0) is 14.2. The summed E-state index contributed by atoms with van der Waals surface area (Å²) in [4.78, 5) is 8.91. The molecule has 21 heavy (non-hydrogen) atoms. The van der Waals surface area contributed by atoms with Crippen LogP contribution in [0.25, 0.3) is 32.6 Å². The highest BCUT2D eigenvalue weighted by atomic mass is 32.1. The highest BCUT2D eigenvalue weighted by Crippen LogP contribution is 2.33. The minimum Gasteiger partial charge on any atom is -0.275 e. The normalized spacial score (nSPS) is 11.1. The molecule has 4 nitrogen and oxygen atoms in total. The van der Waals surface area contributed by atoms with Crippen LogP contribution in [0.4, 0.5) is 0 Å². The summed E-state index contributed by atoms with van der Waals surface area (Å²) in [6.07, 6.45) is 7.44. The minimum absolute atomic E-state index is 0.948. The fraction of sp³-hybridized carbons (Fsp3) is 0.0625. The molecule has 0 fully saturated rings. The molecule has 4 heterocycles. The third-order valence-electron chi connectivity index (χ3n) is 3.41. The van der Waals surface area contributed by atoms with E-state index in [4.69, 9.17) is 4.98 Å². The molecule has 5 heteroatoms. The molecule has 0 N–H and O–H groups in total. The van der Waals surface area contributed by atoms with Crippen LogP contribution in [0.5, 0.6) is 0 Å². The van der Waals surface area contributed by atoms with Gasteiger partial charge in [0, 0.05) is 42.1 Å². The predicted molar refractivity (Wildman–Crippen MR) is 85.1 cm³/mol. The van der Waals surface area contributed by atoms with Crippen molar-refractivity contribution in [2.75, 3.05) is 0 Å². The lowest BCUT2D eigenvalue weighted by Gasteiger charge is -2.01. The summed E-state index contributed by atoms with van der Waals surface area (Å²) < 4.78 is 2.98. The molecule has 0 bridgehead atoms. The zero-order valence-electron chi connectivity index (χ0n) is 11.4. The summed E-state index contributed by atoms with van der Waals surface area (Å²) in [5.41, 5.74) is 5.32. The summed E-state index contributed by atoms with van der Waals surface area (Å²) >= 11 is 1.71. The Morgan fingerprint density at radius 3 is 2.67 bits per heavy atom. The lowest BCUT2D eigenvalue weighted by Crippen LogP contribution is -1.85. The van der Waals surface area contributed by atoms with Crippen molar-refractivity contribution in [3.63, 3.8) is 0 Å². The van der Waals surface area contributed by atoms with Gasteiger partial charge in [-0.15, -0.1) is 11.3 Å². The van der Waals surface area contributed by atoms with Crippen molar-refractivity contribution >= 4 is 21.6 Å². The fourth-order valence-electron chi connectivity index (χ4n) is 2.36. The Hall–Kier alpha value is -2.53. The second-order valence-corrected chi connectivity index (χ2v) is 5.74. The number of hydrogen-bond donors (Lipinski definition) is 0. The topological polar surface area (TPSA) is 43.6 Å². The van der Waals surface area contributed by atoms with E-state index < -0.39 is 0 Å². The smallest absolute Gasteiger partial charge is 0.0895 e. The van der Waals surface area contributed by atoms with Crippen LogP contribution in [-0.2, 0) is 7.05 Å². The molecule has 0 saturated heterocycles. The Morgan fingerprint density at radius 1 is 1.05 bits per heavy atom. The van der Waals surface area contributed by atoms with Crippen LogP contribution in [0, 0.1) is 0 Å². The first kappa shape index (κ1) is 12.2. The third-order valence-corrected chi connectivity index (χ3v) is 4.35. The summed E-state index contributed by atoms with van der Waals surface area (Å²) in [5, 5.41) is 6.37. The Morgan fingerprint density at radius 2 is 1.90 bits per heavy atom. The number of pyridine rings is 2. The monoisotopic (exact) mass is 292 g/mol. The third kappa shape index (κ3) is 2.11. The van der Waals surface area contributed by atoms with E-state index in [2.05, 4.69) is 21.5 Å². The maximum Gasteiger partial charge on any atom is 0.0895 e. The van der Waals surface area contributed by atoms with E-state index in [1.54, 1.807) is 16.0 Å². The summed E-state index contributed by atoms with van der Waals surface area (Å²) in [7, 11) is 1.91. The molecule has 0 aliphatic rings. The second-order valence-electron chi connectivity index (χ2n) is 4.83. The number of hydrogen-bond acceptors (Lipinski definition) is 4. The van der Waals surface area contributed by atoms with E-state index in [-0.39, 0.29) is 0 Å². The number of thiophene rings is 1. The van der Waals surface area contributed by atoms with Crippen LogP contribution in [0.1, 0.15) is 0 Å². The number of aryl methyl sites for hydroxylation is 1. The number of fused-ring (bicyclic) bond motifs is 1. The van der Waals surface area contributed by atoms with E-state index in [1.807, 2.05) is 50.0 Å². The van der Waals surface area contributed by atoms with Gasteiger partial charge in [-0.25, -0.2) is 4.98 Å². The number of rotatable bonds is 2. The van der Waals surface area contributed by atoms with Crippen molar-refractivity contribution in [1.29, 1.82) is 0 Å². The Balaban J connectivity index is 1.90. The molecule has 102 valence electrons. The van der Waals surface area contributed by atoms with Gasteiger partial charge in [0.2, 0.25) is 0 Å². The van der Waals surface area contributed by atoms with E-state index >= 15 is 0 Å². The molecular formula is C16H12N4S. The van der Waals surface area contributed by atoms with Crippen LogP contribution in [-0.4, -0.2) is 19.7 Å². The maximum atomic E-state index is 4.83. The molecule has 0 aliphatic carbocycles. The quantitative estimate of drug-likeness (QED) is 0.565. The first-order valence-electron chi connectivity index (χ1n) is 6.59. The Labute approximate surface area is 125 Å². The van der Waals surface area contributed by atoms with E-state index in [0.717, 1.165) is 27.9 Å². The largest absolute Gasteiger partial charge is 0.275 e. The molecule has 0 spiro atoms. The first-order valence-corrected chi connectivity index (χ1v) is 7.47. The lowest BCUT2D eigenvalue weighted by atomic mass is 10.1. The molecule has 0 aliphatic heterocycles. The van der Waals surface area contributed by atoms with E-state index in [9.17, 15) is 0 Å². The van der Waals surface area contributed by atoms with Crippen molar-refractivity contribution in [2.24, 2.45) is 7.05 Å². The van der Waals surface area contributed by atoms with Gasteiger partial charge in [-0.3, -0.25) is 9.67 Å². The molecule has 4 aromatic rings. The van der Waals surface area contributed by atoms with Gasteiger partial charge >= 0.3 is 0 Å². The SMILES string of the molecule is Cn1cc(-c2ccc3scc(-c4ccncc4)c3n2)cn1. The molecule has 4 aromatic heterocycles. The van der Waals surface area contributed by atoms with Crippen LogP contribution < -0.4 is 0 Å². The van der Waals surface area contributed by atoms with Gasteiger partial charge in [-0.05, 0) is 29.8 Å². The number of nitrogens with zero attached hydrogens (tertiary/aromatic N) is 4. The van der Waals surface area contributed by atoms with Gasteiger partial charge in [-0.1, -0.05) is 0 Å². The van der Waals surface area contributed by atoms with Gasteiger partial charge in [0.15, 0.2) is 0 Å². The van der Waals surface area contributed by atoms with Crippen molar-refractivity contribution < 1.29 is 0 Å². The van der Waals surface area contributed by atoms with Gasteiger partial charge in [0.05, 0.1) is 22.1 Å². The highest BCUT2D eigenvalue weighted by Gasteiger charge is 2.10. The standard InChI is InChI=1S/C16H12N4S/c1-20-9-12(8-18-20)14-2-3-15-16(19-14)13(10-21-15)11-4-6-17-7-5-11/h2-10H,1H3. The summed E-state index contributed by atoms with van der Waals surface area (Å²) in [6, 6.07) is 8.20. The average Bonchev–Trinajstić information content (AvgIpc) is 3.13. The first-order chi connectivity index (χ1) is 10.3.